The molecule has 3 rings (SSSR count). The van der Waals surface area contributed by atoms with Crippen LogP contribution in [0.2, 0.25) is 5.02 Å². The van der Waals surface area contributed by atoms with Gasteiger partial charge in [-0.2, -0.15) is 0 Å². The van der Waals surface area contributed by atoms with Crippen LogP contribution < -0.4 is 15.4 Å². The number of aromatic nitrogens is 2. The summed E-state index contributed by atoms with van der Waals surface area (Å²) >= 11 is 5.86. The number of amides is 1. The third-order valence-electron chi connectivity index (χ3n) is 3.64. The summed E-state index contributed by atoms with van der Waals surface area (Å²) in [6.45, 7) is 0.582. The maximum atomic E-state index is 12.3. The zero-order chi connectivity index (χ0) is 18.4. The van der Waals surface area contributed by atoms with Crippen molar-refractivity contribution in [1.29, 1.82) is 0 Å². The van der Waals surface area contributed by atoms with Crippen molar-refractivity contribution in [1.82, 2.24) is 10.2 Å². The minimum Gasteiger partial charge on any atom is -0.495 e. The molecule has 2 aromatic carbocycles. The van der Waals surface area contributed by atoms with Crippen LogP contribution >= 0.6 is 11.6 Å². The number of benzene rings is 2. The predicted octanol–water partition coefficient (Wildman–Crippen LogP) is 4.00. The molecule has 7 heteroatoms. The van der Waals surface area contributed by atoms with Crippen LogP contribution in [0.5, 0.6) is 5.75 Å². The first kappa shape index (κ1) is 17.7. The zero-order valence-corrected chi connectivity index (χ0v) is 14.8. The van der Waals surface area contributed by atoms with Crippen LogP contribution in [0.25, 0.3) is 0 Å². The number of nitrogens with one attached hydrogen (secondary N) is 2. The molecule has 0 saturated heterocycles. The lowest BCUT2D eigenvalue weighted by Crippen LogP contribution is -2.15. The second-order valence-corrected chi connectivity index (χ2v) is 5.87. The highest BCUT2D eigenvalue weighted by Gasteiger charge is 2.11. The van der Waals surface area contributed by atoms with Crippen LogP contribution in [-0.2, 0) is 6.54 Å². The standard InChI is InChI=1S/C19H17ClN4O2/c1-26-17-5-3-2-4-15(17)22-19(25)16-10-11-18(24-23-16)21-12-13-6-8-14(20)9-7-13/h2-11H,12H2,1H3,(H,21,24)(H,22,25). The Kier molecular flexibility index (Phi) is 5.66. The van der Waals surface area contributed by atoms with Gasteiger partial charge in [-0.3, -0.25) is 4.79 Å². The van der Waals surface area contributed by atoms with Crippen LogP contribution in [0, 0.1) is 0 Å². The maximum Gasteiger partial charge on any atom is 0.276 e. The van der Waals surface area contributed by atoms with E-state index in [1.54, 1.807) is 31.4 Å². The van der Waals surface area contributed by atoms with E-state index in [0.29, 0.717) is 28.8 Å². The minimum absolute atomic E-state index is 0.216. The first-order valence-electron chi connectivity index (χ1n) is 7.92. The fourth-order valence-electron chi connectivity index (χ4n) is 2.28. The summed E-state index contributed by atoms with van der Waals surface area (Å²) in [6.07, 6.45) is 0. The van der Waals surface area contributed by atoms with E-state index in [4.69, 9.17) is 16.3 Å². The first-order valence-corrected chi connectivity index (χ1v) is 8.30. The number of carbonyl (C=O) groups is 1. The highest BCUT2D eigenvalue weighted by Crippen LogP contribution is 2.23. The van der Waals surface area contributed by atoms with E-state index >= 15 is 0 Å². The molecular formula is C19H17ClN4O2. The van der Waals surface area contributed by atoms with Gasteiger partial charge in [0.05, 0.1) is 12.8 Å². The molecule has 1 aromatic heterocycles. The van der Waals surface area contributed by atoms with E-state index in [1.165, 1.54) is 0 Å². The van der Waals surface area contributed by atoms with E-state index in [1.807, 2.05) is 36.4 Å². The Hall–Kier alpha value is -3.12. The SMILES string of the molecule is COc1ccccc1NC(=O)c1ccc(NCc2ccc(Cl)cc2)nn1. The molecule has 1 heterocycles. The number of methoxy groups -OCH3 is 1. The Morgan fingerprint density at radius 1 is 1.04 bits per heavy atom. The van der Waals surface area contributed by atoms with Gasteiger partial charge < -0.3 is 15.4 Å². The first-order chi connectivity index (χ1) is 12.7. The van der Waals surface area contributed by atoms with Gasteiger partial charge in [0.25, 0.3) is 5.91 Å². The molecule has 0 spiro atoms. The molecular weight excluding hydrogens is 352 g/mol. The Bertz CT molecular complexity index is 883. The van der Waals surface area contributed by atoms with Crippen molar-refractivity contribution in [2.75, 3.05) is 17.7 Å². The molecule has 0 bridgehead atoms. The summed E-state index contributed by atoms with van der Waals surface area (Å²) in [5.74, 6) is 0.801. The molecule has 0 aliphatic heterocycles. The van der Waals surface area contributed by atoms with Crippen molar-refractivity contribution >= 4 is 29.0 Å². The number of anilines is 2. The molecule has 132 valence electrons. The maximum absolute atomic E-state index is 12.3. The van der Waals surface area contributed by atoms with Crippen molar-refractivity contribution in [3.05, 3.63) is 76.9 Å². The second kappa shape index (κ2) is 8.31. The predicted molar refractivity (Wildman–Crippen MR) is 102 cm³/mol. The molecule has 0 aliphatic carbocycles. The lowest BCUT2D eigenvalue weighted by molar-refractivity contribution is 0.102. The van der Waals surface area contributed by atoms with Crippen LogP contribution in [0.1, 0.15) is 16.1 Å². The number of rotatable bonds is 6. The fourth-order valence-corrected chi connectivity index (χ4v) is 2.40. The smallest absolute Gasteiger partial charge is 0.276 e. The Balaban J connectivity index is 1.61. The topological polar surface area (TPSA) is 76.1 Å². The van der Waals surface area contributed by atoms with Gasteiger partial charge in [0.1, 0.15) is 11.6 Å². The lowest BCUT2D eigenvalue weighted by Gasteiger charge is -2.09. The summed E-state index contributed by atoms with van der Waals surface area (Å²) < 4.78 is 5.21. The molecule has 1 amide bonds. The van der Waals surface area contributed by atoms with E-state index in [9.17, 15) is 4.79 Å². The average Bonchev–Trinajstić information content (AvgIpc) is 2.68. The largest absolute Gasteiger partial charge is 0.495 e. The van der Waals surface area contributed by atoms with Crippen LogP contribution in [0.4, 0.5) is 11.5 Å². The number of halogens is 1. The number of nitrogens with zero attached hydrogens (tertiary/aromatic N) is 2. The molecule has 0 unspecified atom stereocenters. The Morgan fingerprint density at radius 3 is 2.50 bits per heavy atom. The van der Waals surface area contributed by atoms with E-state index in [-0.39, 0.29) is 11.6 Å². The number of carbonyl (C=O) groups excluding carboxylic acids is 1. The molecule has 0 aliphatic rings. The molecule has 0 saturated carbocycles. The molecule has 0 radical (unpaired) electrons. The number of hydrogen-bond acceptors (Lipinski definition) is 5. The van der Waals surface area contributed by atoms with Crippen molar-refractivity contribution < 1.29 is 9.53 Å². The monoisotopic (exact) mass is 368 g/mol. The van der Waals surface area contributed by atoms with E-state index in [2.05, 4.69) is 20.8 Å². The number of para-hydroxylation sites is 2. The highest BCUT2D eigenvalue weighted by molar-refractivity contribution is 6.30. The highest BCUT2D eigenvalue weighted by atomic mass is 35.5. The average molecular weight is 369 g/mol. The van der Waals surface area contributed by atoms with Gasteiger partial charge in [0.2, 0.25) is 0 Å². The second-order valence-electron chi connectivity index (χ2n) is 5.44. The summed E-state index contributed by atoms with van der Waals surface area (Å²) in [5.41, 5.74) is 1.86. The third kappa shape index (κ3) is 4.49. The Labute approximate surface area is 156 Å². The fraction of sp³-hybridized carbons (Fsp3) is 0.105. The van der Waals surface area contributed by atoms with Gasteiger partial charge in [-0.1, -0.05) is 35.9 Å². The Morgan fingerprint density at radius 2 is 1.81 bits per heavy atom. The van der Waals surface area contributed by atoms with Gasteiger partial charge in [-0.05, 0) is 42.0 Å². The lowest BCUT2D eigenvalue weighted by atomic mass is 10.2. The normalized spacial score (nSPS) is 10.2. The number of hydrogen-bond donors (Lipinski definition) is 2. The summed E-state index contributed by atoms with van der Waals surface area (Å²) in [5, 5.41) is 14.6. The van der Waals surface area contributed by atoms with Gasteiger partial charge in [-0.15, -0.1) is 10.2 Å². The molecule has 3 aromatic rings. The van der Waals surface area contributed by atoms with Crippen molar-refractivity contribution in [2.45, 2.75) is 6.54 Å². The summed E-state index contributed by atoms with van der Waals surface area (Å²) in [6, 6.07) is 18.0. The van der Waals surface area contributed by atoms with Crippen molar-refractivity contribution in [3.63, 3.8) is 0 Å². The number of ether oxygens (including phenoxy) is 1. The van der Waals surface area contributed by atoms with E-state index in [0.717, 1.165) is 5.56 Å². The zero-order valence-electron chi connectivity index (χ0n) is 14.1. The molecule has 26 heavy (non-hydrogen) atoms. The van der Waals surface area contributed by atoms with Gasteiger partial charge in [-0.25, -0.2) is 0 Å². The molecule has 2 N–H and O–H groups in total. The van der Waals surface area contributed by atoms with Gasteiger partial charge in [0.15, 0.2) is 5.69 Å². The molecule has 0 atom stereocenters. The van der Waals surface area contributed by atoms with E-state index < -0.39 is 0 Å². The van der Waals surface area contributed by atoms with Gasteiger partial charge >= 0.3 is 0 Å². The van der Waals surface area contributed by atoms with Crippen molar-refractivity contribution in [3.8, 4) is 5.75 Å². The summed E-state index contributed by atoms with van der Waals surface area (Å²) in [4.78, 5) is 12.3. The third-order valence-corrected chi connectivity index (χ3v) is 3.89. The van der Waals surface area contributed by atoms with Gasteiger partial charge in [0, 0.05) is 11.6 Å². The van der Waals surface area contributed by atoms with Crippen LogP contribution in [0.3, 0.4) is 0 Å². The quantitative estimate of drug-likeness (QED) is 0.687. The summed E-state index contributed by atoms with van der Waals surface area (Å²) in [7, 11) is 1.55. The van der Waals surface area contributed by atoms with Crippen molar-refractivity contribution in [2.24, 2.45) is 0 Å². The minimum atomic E-state index is -0.355. The van der Waals surface area contributed by atoms with Crippen LogP contribution in [-0.4, -0.2) is 23.2 Å². The molecule has 0 fully saturated rings. The van der Waals surface area contributed by atoms with Crippen LogP contribution in [0.15, 0.2) is 60.7 Å². The molecule has 6 nitrogen and oxygen atoms in total.